The molecule has 0 saturated carbocycles. The van der Waals surface area contributed by atoms with E-state index in [0.29, 0.717) is 42.0 Å². The van der Waals surface area contributed by atoms with Gasteiger partial charge in [-0.2, -0.15) is 0 Å². The number of benzene rings is 2. The molecule has 0 aliphatic carbocycles. The van der Waals surface area contributed by atoms with Gasteiger partial charge in [0.15, 0.2) is 11.5 Å². The molecule has 0 aromatic heterocycles. The molecule has 0 saturated heterocycles. The largest absolute Gasteiger partial charge is 0.486 e. The van der Waals surface area contributed by atoms with Crippen molar-refractivity contribution in [3.8, 4) is 11.5 Å². The number of fused-ring (bicyclic) bond motifs is 1. The summed E-state index contributed by atoms with van der Waals surface area (Å²) in [5.74, 6) is 0.670. The molecule has 0 N–H and O–H groups in total. The van der Waals surface area contributed by atoms with Gasteiger partial charge in [-0.05, 0) is 36.8 Å². The van der Waals surface area contributed by atoms with E-state index in [1.54, 1.807) is 44.3 Å². The molecule has 1 amide bonds. The van der Waals surface area contributed by atoms with Gasteiger partial charge >= 0.3 is 0 Å². The van der Waals surface area contributed by atoms with Gasteiger partial charge in [-0.15, -0.1) is 0 Å². The van der Waals surface area contributed by atoms with E-state index in [9.17, 15) is 13.2 Å². The molecule has 3 rings (SSSR count). The third-order valence-electron chi connectivity index (χ3n) is 4.56. The summed E-state index contributed by atoms with van der Waals surface area (Å²) in [6.45, 7) is 2.72. The Labute approximate surface area is 175 Å². The standard InChI is InChI=1S/C20H23ClN2O5S/c1-14(20(24)22(2)13-15-4-6-16(21)7-5-15)23(29(3,25)26)17-8-9-18-19(12-17)28-11-10-27-18/h4-9,12,14H,10-11,13H2,1-3H3/t14-/m0/s1. The molecule has 0 radical (unpaired) electrons. The Balaban J connectivity index is 1.84. The van der Waals surface area contributed by atoms with Crippen molar-refractivity contribution in [2.45, 2.75) is 19.5 Å². The number of rotatable bonds is 6. The molecule has 1 heterocycles. The van der Waals surface area contributed by atoms with Crippen LogP contribution in [0, 0.1) is 0 Å². The number of hydrogen-bond acceptors (Lipinski definition) is 5. The lowest BCUT2D eigenvalue weighted by molar-refractivity contribution is -0.131. The third kappa shape index (κ3) is 4.94. The highest BCUT2D eigenvalue weighted by Gasteiger charge is 2.32. The average Bonchev–Trinajstić information content (AvgIpc) is 2.68. The van der Waals surface area contributed by atoms with Crippen molar-refractivity contribution in [1.82, 2.24) is 4.90 Å². The van der Waals surface area contributed by atoms with Gasteiger partial charge in [-0.25, -0.2) is 8.42 Å². The van der Waals surface area contributed by atoms with Crippen molar-refractivity contribution >= 4 is 33.2 Å². The Morgan fingerprint density at radius 2 is 1.72 bits per heavy atom. The first-order valence-corrected chi connectivity index (χ1v) is 11.3. The van der Waals surface area contributed by atoms with E-state index in [-0.39, 0.29) is 5.91 Å². The number of carbonyl (C=O) groups excluding carboxylic acids is 1. The maximum Gasteiger partial charge on any atom is 0.246 e. The van der Waals surface area contributed by atoms with Gasteiger partial charge in [0, 0.05) is 24.7 Å². The van der Waals surface area contributed by atoms with Crippen molar-refractivity contribution in [1.29, 1.82) is 0 Å². The molecule has 2 aromatic rings. The van der Waals surface area contributed by atoms with Gasteiger partial charge < -0.3 is 14.4 Å². The zero-order chi connectivity index (χ0) is 21.2. The van der Waals surface area contributed by atoms with Crippen LogP contribution in [0.1, 0.15) is 12.5 Å². The van der Waals surface area contributed by atoms with E-state index in [1.807, 2.05) is 12.1 Å². The summed E-state index contributed by atoms with van der Waals surface area (Å²) in [6, 6.07) is 11.0. The van der Waals surface area contributed by atoms with Gasteiger partial charge in [-0.1, -0.05) is 23.7 Å². The van der Waals surface area contributed by atoms with E-state index in [1.165, 1.54) is 4.90 Å². The zero-order valence-corrected chi connectivity index (χ0v) is 18.0. The number of likely N-dealkylation sites (N-methyl/N-ethyl adjacent to an activating group) is 1. The number of carbonyl (C=O) groups is 1. The predicted molar refractivity (Wildman–Crippen MR) is 112 cm³/mol. The first kappa shape index (κ1) is 21.3. The topological polar surface area (TPSA) is 76.2 Å². The maximum absolute atomic E-state index is 13.0. The number of anilines is 1. The Morgan fingerprint density at radius 1 is 1.10 bits per heavy atom. The van der Waals surface area contributed by atoms with Crippen LogP contribution in [0.2, 0.25) is 5.02 Å². The molecule has 1 atom stereocenters. The molecule has 1 aliphatic heterocycles. The van der Waals surface area contributed by atoms with Crippen LogP contribution >= 0.6 is 11.6 Å². The van der Waals surface area contributed by atoms with Gasteiger partial charge in [0.05, 0.1) is 11.9 Å². The summed E-state index contributed by atoms with van der Waals surface area (Å²) >= 11 is 5.90. The Morgan fingerprint density at radius 3 is 2.34 bits per heavy atom. The first-order valence-electron chi connectivity index (χ1n) is 9.05. The summed E-state index contributed by atoms with van der Waals surface area (Å²) in [6.07, 6.45) is 1.08. The highest BCUT2D eigenvalue weighted by atomic mass is 35.5. The molecule has 0 fully saturated rings. The van der Waals surface area contributed by atoms with Crippen molar-refractivity contribution in [2.24, 2.45) is 0 Å². The molecule has 2 aromatic carbocycles. The lowest BCUT2D eigenvalue weighted by atomic mass is 10.2. The van der Waals surface area contributed by atoms with E-state index in [4.69, 9.17) is 21.1 Å². The van der Waals surface area contributed by atoms with Gasteiger partial charge in [0.25, 0.3) is 0 Å². The highest BCUT2D eigenvalue weighted by Crippen LogP contribution is 2.35. The van der Waals surface area contributed by atoms with Gasteiger partial charge in [-0.3, -0.25) is 9.10 Å². The monoisotopic (exact) mass is 438 g/mol. The maximum atomic E-state index is 13.0. The van der Waals surface area contributed by atoms with Crippen LogP contribution in [0.15, 0.2) is 42.5 Å². The quantitative estimate of drug-likeness (QED) is 0.693. The number of halogens is 1. The lowest BCUT2D eigenvalue weighted by Gasteiger charge is -2.32. The van der Waals surface area contributed by atoms with Crippen molar-refractivity contribution in [2.75, 3.05) is 30.8 Å². The Hall–Kier alpha value is -2.45. The fourth-order valence-electron chi connectivity index (χ4n) is 3.23. The minimum Gasteiger partial charge on any atom is -0.486 e. The summed E-state index contributed by atoms with van der Waals surface area (Å²) < 4.78 is 37.2. The van der Waals surface area contributed by atoms with E-state index in [0.717, 1.165) is 16.1 Å². The molecule has 1 aliphatic rings. The molecule has 29 heavy (non-hydrogen) atoms. The Kier molecular flexibility index (Phi) is 6.24. The summed E-state index contributed by atoms with van der Waals surface area (Å²) in [4.78, 5) is 14.5. The van der Waals surface area contributed by atoms with Crippen LogP contribution < -0.4 is 13.8 Å². The molecule has 0 bridgehead atoms. The van der Waals surface area contributed by atoms with Crippen molar-refractivity contribution < 1.29 is 22.7 Å². The number of nitrogens with zero attached hydrogens (tertiary/aromatic N) is 2. The third-order valence-corrected chi connectivity index (χ3v) is 6.05. The van der Waals surface area contributed by atoms with E-state index in [2.05, 4.69) is 0 Å². The van der Waals surface area contributed by atoms with Crippen LogP contribution in [-0.2, 0) is 21.4 Å². The second-order valence-electron chi connectivity index (χ2n) is 6.88. The second-order valence-corrected chi connectivity index (χ2v) is 9.18. The van der Waals surface area contributed by atoms with Crippen LogP contribution in [0.25, 0.3) is 0 Å². The lowest BCUT2D eigenvalue weighted by Crippen LogP contribution is -2.48. The van der Waals surface area contributed by atoms with Crippen molar-refractivity contribution in [3.05, 3.63) is 53.1 Å². The van der Waals surface area contributed by atoms with Crippen LogP contribution in [0.3, 0.4) is 0 Å². The number of ether oxygens (including phenoxy) is 2. The molecule has 9 heteroatoms. The normalized spacial score (nSPS) is 14.2. The summed E-state index contributed by atoms with van der Waals surface area (Å²) in [5.41, 5.74) is 1.24. The van der Waals surface area contributed by atoms with Gasteiger partial charge in [0.2, 0.25) is 15.9 Å². The number of amides is 1. The molecular weight excluding hydrogens is 416 g/mol. The fraction of sp³-hybridized carbons (Fsp3) is 0.350. The molecular formula is C20H23ClN2O5S. The minimum atomic E-state index is -3.73. The molecule has 0 spiro atoms. The van der Waals surface area contributed by atoms with Crippen molar-refractivity contribution in [3.63, 3.8) is 0 Å². The highest BCUT2D eigenvalue weighted by molar-refractivity contribution is 7.92. The summed E-state index contributed by atoms with van der Waals surface area (Å²) in [7, 11) is -2.09. The fourth-order valence-corrected chi connectivity index (χ4v) is 4.52. The number of hydrogen-bond donors (Lipinski definition) is 0. The smallest absolute Gasteiger partial charge is 0.246 e. The van der Waals surface area contributed by atoms with E-state index < -0.39 is 16.1 Å². The SMILES string of the molecule is C[C@@H](C(=O)N(C)Cc1ccc(Cl)cc1)N(c1ccc2c(c1)OCCO2)S(C)(=O)=O. The predicted octanol–water partition coefficient (Wildman–Crippen LogP) is 2.92. The van der Waals surface area contributed by atoms with Gasteiger partial charge in [0.1, 0.15) is 19.3 Å². The molecule has 7 nitrogen and oxygen atoms in total. The Bertz CT molecular complexity index is 994. The van der Waals surface area contributed by atoms with Crippen LogP contribution in [0.5, 0.6) is 11.5 Å². The average molecular weight is 439 g/mol. The van der Waals surface area contributed by atoms with E-state index >= 15 is 0 Å². The first-order chi connectivity index (χ1) is 13.7. The minimum absolute atomic E-state index is 0.332. The van der Waals surface area contributed by atoms with Crippen LogP contribution in [-0.4, -0.2) is 51.8 Å². The number of sulfonamides is 1. The molecule has 156 valence electrons. The van der Waals surface area contributed by atoms with Crippen LogP contribution in [0.4, 0.5) is 5.69 Å². The zero-order valence-electron chi connectivity index (χ0n) is 16.5. The molecule has 0 unspecified atom stereocenters. The second kappa shape index (κ2) is 8.51. The summed E-state index contributed by atoms with van der Waals surface area (Å²) in [5, 5.41) is 0.609.